The molecule has 1 heterocycles. The lowest BCUT2D eigenvalue weighted by molar-refractivity contribution is 0.734. The molecule has 2 N–H and O–H groups in total. The number of hydrogen-bond donors (Lipinski definition) is 2. The summed E-state index contributed by atoms with van der Waals surface area (Å²) in [5.41, 5.74) is 2.32. The Morgan fingerprint density at radius 2 is 2.16 bits per heavy atom. The molecule has 1 aromatic heterocycles. The fourth-order valence-corrected chi connectivity index (χ4v) is 1.76. The first-order valence-electron chi connectivity index (χ1n) is 6.64. The maximum absolute atomic E-state index is 4.29. The van der Waals surface area contributed by atoms with Gasteiger partial charge in [0.15, 0.2) is 5.96 Å². The summed E-state index contributed by atoms with van der Waals surface area (Å²) in [6, 6.07) is 4.18. The van der Waals surface area contributed by atoms with Gasteiger partial charge < -0.3 is 10.6 Å². The van der Waals surface area contributed by atoms with E-state index in [0.29, 0.717) is 0 Å². The minimum atomic E-state index is 0. The van der Waals surface area contributed by atoms with Gasteiger partial charge >= 0.3 is 0 Å². The second-order valence-corrected chi connectivity index (χ2v) is 4.88. The van der Waals surface area contributed by atoms with Gasteiger partial charge in [0.2, 0.25) is 0 Å². The van der Waals surface area contributed by atoms with Crippen molar-refractivity contribution in [2.45, 2.75) is 26.2 Å². The van der Waals surface area contributed by atoms with Crippen LogP contribution in [0.5, 0.6) is 0 Å². The van der Waals surface area contributed by atoms with Crippen LogP contribution in [-0.4, -0.2) is 31.1 Å². The largest absolute Gasteiger partial charge is 0.356 e. The van der Waals surface area contributed by atoms with Gasteiger partial charge in [-0.05, 0) is 43.7 Å². The Morgan fingerprint density at radius 3 is 2.74 bits per heavy atom. The normalized spacial score (nSPS) is 14.7. The standard InChI is InChI=1S/C14H22N4.HI/c1-11-3-4-13(9-17-11)7-8-16-14(15-2)18-10-12-5-6-12;/h3-4,9,12H,5-8,10H2,1-2H3,(H2,15,16,18);1H. The van der Waals surface area contributed by atoms with E-state index in [2.05, 4.69) is 32.7 Å². The van der Waals surface area contributed by atoms with Crippen LogP contribution in [0.15, 0.2) is 23.3 Å². The summed E-state index contributed by atoms with van der Waals surface area (Å²) in [5, 5.41) is 6.68. The fourth-order valence-electron chi connectivity index (χ4n) is 1.76. The highest BCUT2D eigenvalue weighted by atomic mass is 127. The minimum absolute atomic E-state index is 0. The first-order valence-corrected chi connectivity index (χ1v) is 6.64. The van der Waals surface area contributed by atoms with Gasteiger partial charge in [0.1, 0.15) is 0 Å². The minimum Gasteiger partial charge on any atom is -0.356 e. The number of nitrogens with zero attached hydrogens (tertiary/aromatic N) is 2. The lowest BCUT2D eigenvalue weighted by atomic mass is 10.2. The Balaban J connectivity index is 0.00000180. The third-order valence-electron chi connectivity index (χ3n) is 3.16. The highest BCUT2D eigenvalue weighted by Gasteiger charge is 2.20. The molecular formula is C14H23IN4. The number of aliphatic imine (C=N–C) groups is 1. The smallest absolute Gasteiger partial charge is 0.190 e. The van der Waals surface area contributed by atoms with Crippen LogP contribution < -0.4 is 10.6 Å². The van der Waals surface area contributed by atoms with E-state index in [1.165, 1.54) is 18.4 Å². The molecule has 0 spiro atoms. The predicted molar refractivity (Wildman–Crippen MR) is 90.2 cm³/mol. The van der Waals surface area contributed by atoms with E-state index in [1.807, 2.05) is 20.2 Å². The Morgan fingerprint density at radius 1 is 1.37 bits per heavy atom. The average molecular weight is 374 g/mol. The van der Waals surface area contributed by atoms with Crippen molar-refractivity contribution < 1.29 is 0 Å². The van der Waals surface area contributed by atoms with Crippen molar-refractivity contribution >= 4 is 29.9 Å². The van der Waals surface area contributed by atoms with Crippen molar-refractivity contribution in [3.63, 3.8) is 0 Å². The van der Waals surface area contributed by atoms with Crippen LogP contribution in [0.25, 0.3) is 0 Å². The number of pyridine rings is 1. The summed E-state index contributed by atoms with van der Waals surface area (Å²) < 4.78 is 0. The molecule has 0 saturated heterocycles. The molecule has 0 aromatic carbocycles. The van der Waals surface area contributed by atoms with Crippen LogP contribution in [-0.2, 0) is 6.42 Å². The van der Waals surface area contributed by atoms with Crippen LogP contribution in [0.4, 0.5) is 0 Å². The Kier molecular flexibility index (Phi) is 7.12. The van der Waals surface area contributed by atoms with Crippen LogP contribution in [0.3, 0.4) is 0 Å². The third-order valence-corrected chi connectivity index (χ3v) is 3.16. The quantitative estimate of drug-likeness (QED) is 0.472. The number of hydrogen-bond acceptors (Lipinski definition) is 2. The van der Waals surface area contributed by atoms with Crippen molar-refractivity contribution in [2.75, 3.05) is 20.1 Å². The maximum Gasteiger partial charge on any atom is 0.190 e. The maximum atomic E-state index is 4.29. The van der Waals surface area contributed by atoms with E-state index in [-0.39, 0.29) is 24.0 Å². The fraction of sp³-hybridized carbons (Fsp3) is 0.571. The molecule has 106 valence electrons. The van der Waals surface area contributed by atoms with Gasteiger partial charge in [0.05, 0.1) is 0 Å². The molecule has 0 bridgehead atoms. The van der Waals surface area contributed by atoms with Crippen LogP contribution in [0, 0.1) is 12.8 Å². The van der Waals surface area contributed by atoms with E-state index in [4.69, 9.17) is 0 Å². The molecule has 0 unspecified atom stereocenters. The predicted octanol–water partition coefficient (Wildman–Crippen LogP) is 2.13. The topological polar surface area (TPSA) is 49.3 Å². The molecular weight excluding hydrogens is 351 g/mol. The van der Waals surface area contributed by atoms with Crippen molar-refractivity contribution in [3.05, 3.63) is 29.6 Å². The summed E-state index contributed by atoms with van der Waals surface area (Å²) in [7, 11) is 1.82. The zero-order valence-corrected chi connectivity index (χ0v) is 14.0. The van der Waals surface area contributed by atoms with Crippen molar-refractivity contribution in [1.82, 2.24) is 15.6 Å². The van der Waals surface area contributed by atoms with E-state index >= 15 is 0 Å². The molecule has 1 aromatic rings. The molecule has 1 saturated carbocycles. The van der Waals surface area contributed by atoms with Crippen LogP contribution in [0.1, 0.15) is 24.1 Å². The van der Waals surface area contributed by atoms with E-state index in [9.17, 15) is 0 Å². The molecule has 1 fully saturated rings. The summed E-state index contributed by atoms with van der Waals surface area (Å²) in [5.74, 6) is 1.77. The summed E-state index contributed by atoms with van der Waals surface area (Å²) in [6.07, 6.45) is 5.63. The zero-order valence-electron chi connectivity index (χ0n) is 11.6. The van der Waals surface area contributed by atoms with E-state index in [0.717, 1.165) is 37.1 Å². The molecule has 0 aliphatic heterocycles. The van der Waals surface area contributed by atoms with Crippen molar-refractivity contribution in [1.29, 1.82) is 0 Å². The SMILES string of the molecule is CN=C(NCCc1ccc(C)nc1)NCC1CC1.I. The van der Waals surface area contributed by atoms with Gasteiger partial charge in [-0.2, -0.15) is 0 Å². The second kappa shape index (κ2) is 8.35. The molecule has 0 atom stereocenters. The Bertz CT molecular complexity index is 398. The number of aromatic nitrogens is 1. The molecule has 2 rings (SSSR count). The molecule has 19 heavy (non-hydrogen) atoms. The van der Waals surface area contributed by atoms with E-state index < -0.39 is 0 Å². The number of rotatable bonds is 5. The van der Waals surface area contributed by atoms with Gasteiger partial charge in [-0.3, -0.25) is 9.98 Å². The number of nitrogens with one attached hydrogen (secondary N) is 2. The first kappa shape index (κ1) is 16.2. The summed E-state index contributed by atoms with van der Waals surface area (Å²) in [4.78, 5) is 8.50. The van der Waals surface area contributed by atoms with Crippen molar-refractivity contribution in [3.8, 4) is 0 Å². The van der Waals surface area contributed by atoms with Crippen LogP contribution in [0.2, 0.25) is 0 Å². The molecule has 0 amide bonds. The molecule has 0 radical (unpaired) electrons. The highest BCUT2D eigenvalue weighted by Crippen LogP contribution is 2.27. The van der Waals surface area contributed by atoms with Gasteiger partial charge in [-0.1, -0.05) is 6.07 Å². The van der Waals surface area contributed by atoms with Crippen molar-refractivity contribution in [2.24, 2.45) is 10.9 Å². The number of halogens is 1. The summed E-state index contributed by atoms with van der Waals surface area (Å²) >= 11 is 0. The summed E-state index contributed by atoms with van der Waals surface area (Å²) in [6.45, 7) is 3.94. The Labute approximate surface area is 132 Å². The van der Waals surface area contributed by atoms with E-state index in [1.54, 1.807) is 0 Å². The van der Waals surface area contributed by atoms with Gasteiger partial charge in [-0.25, -0.2) is 0 Å². The molecule has 1 aliphatic carbocycles. The number of aryl methyl sites for hydroxylation is 1. The van der Waals surface area contributed by atoms with Gasteiger partial charge in [0.25, 0.3) is 0 Å². The molecule has 1 aliphatic rings. The monoisotopic (exact) mass is 374 g/mol. The lowest BCUT2D eigenvalue weighted by Crippen LogP contribution is -2.39. The molecule has 5 heteroatoms. The lowest BCUT2D eigenvalue weighted by Gasteiger charge is -2.11. The van der Waals surface area contributed by atoms with Crippen LogP contribution >= 0.6 is 24.0 Å². The van der Waals surface area contributed by atoms with Gasteiger partial charge in [-0.15, -0.1) is 24.0 Å². The van der Waals surface area contributed by atoms with Gasteiger partial charge in [0, 0.05) is 32.0 Å². The highest BCUT2D eigenvalue weighted by molar-refractivity contribution is 14.0. The zero-order chi connectivity index (χ0) is 12.8. The number of guanidine groups is 1. The average Bonchev–Trinajstić information content (AvgIpc) is 3.20. The third kappa shape index (κ3) is 6.22. The second-order valence-electron chi connectivity index (χ2n) is 4.88. The first-order chi connectivity index (χ1) is 8.78. The molecule has 4 nitrogen and oxygen atoms in total. The Hall–Kier alpha value is -0.850.